The average molecular weight is 235 g/mol. The summed E-state index contributed by atoms with van der Waals surface area (Å²) in [5.41, 5.74) is 0.0634. The van der Waals surface area contributed by atoms with Gasteiger partial charge in [-0.1, -0.05) is 0 Å². The molecule has 92 valence electrons. The molecule has 0 aromatic carbocycles. The second-order valence-corrected chi connectivity index (χ2v) is 4.95. The molecule has 1 heterocycles. The highest BCUT2D eigenvalue weighted by molar-refractivity contribution is 5.84. The van der Waals surface area contributed by atoms with E-state index in [0.29, 0.717) is 0 Å². The first-order valence-corrected chi connectivity index (χ1v) is 5.73. The van der Waals surface area contributed by atoms with Gasteiger partial charge in [0.25, 0.3) is 0 Å². The molecule has 2 aliphatic rings. The number of ketones is 1. The van der Waals surface area contributed by atoms with E-state index in [0.717, 1.165) is 32.4 Å². The Hall–Kier alpha value is -0.580. The molecule has 16 heavy (non-hydrogen) atoms. The molecule has 1 N–H and O–H groups in total. The normalized spacial score (nSPS) is 28.1. The SMILES string of the molecule is O=C(CCC(F)(F)F)C1CC12CCNCC2. The Morgan fingerprint density at radius 1 is 1.31 bits per heavy atom. The molecule has 1 spiro atoms. The van der Waals surface area contributed by atoms with Gasteiger partial charge in [-0.05, 0) is 37.8 Å². The third kappa shape index (κ3) is 2.56. The lowest BCUT2D eigenvalue weighted by Gasteiger charge is -2.23. The van der Waals surface area contributed by atoms with Crippen molar-refractivity contribution in [2.24, 2.45) is 11.3 Å². The molecule has 5 heteroatoms. The highest BCUT2D eigenvalue weighted by atomic mass is 19.4. The van der Waals surface area contributed by atoms with E-state index < -0.39 is 12.6 Å². The topological polar surface area (TPSA) is 29.1 Å². The summed E-state index contributed by atoms with van der Waals surface area (Å²) in [5, 5.41) is 3.20. The van der Waals surface area contributed by atoms with Gasteiger partial charge in [0.2, 0.25) is 0 Å². The molecule has 1 unspecified atom stereocenters. The maximum atomic E-state index is 12.0. The molecule has 0 bridgehead atoms. The van der Waals surface area contributed by atoms with Gasteiger partial charge in [-0.15, -0.1) is 0 Å². The lowest BCUT2D eigenvalue weighted by atomic mass is 9.90. The Morgan fingerprint density at radius 2 is 1.94 bits per heavy atom. The van der Waals surface area contributed by atoms with Crippen LogP contribution in [0, 0.1) is 11.3 Å². The van der Waals surface area contributed by atoms with Crippen LogP contribution in [0.1, 0.15) is 32.1 Å². The Kier molecular flexibility index (Phi) is 2.99. The van der Waals surface area contributed by atoms with Crippen LogP contribution < -0.4 is 5.32 Å². The first kappa shape index (κ1) is 11.9. The van der Waals surface area contributed by atoms with Gasteiger partial charge in [0.1, 0.15) is 5.78 Å². The summed E-state index contributed by atoms with van der Waals surface area (Å²) < 4.78 is 35.9. The Morgan fingerprint density at radius 3 is 2.50 bits per heavy atom. The molecule has 0 radical (unpaired) electrons. The summed E-state index contributed by atoms with van der Waals surface area (Å²) in [5.74, 6) is -0.267. The zero-order chi connectivity index (χ0) is 11.8. The van der Waals surface area contributed by atoms with Crippen LogP contribution in [0.2, 0.25) is 0 Å². The fourth-order valence-corrected chi connectivity index (χ4v) is 2.72. The van der Waals surface area contributed by atoms with E-state index >= 15 is 0 Å². The van der Waals surface area contributed by atoms with Crippen molar-refractivity contribution >= 4 is 5.78 Å². The van der Waals surface area contributed by atoms with Gasteiger partial charge in [-0.25, -0.2) is 0 Å². The molecule has 2 nitrogen and oxygen atoms in total. The first-order chi connectivity index (χ1) is 7.43. The zero-order valence-corrected chi connectivity index (χ0v) is 9.07. The smallest absolute Gasteiger partial charge is 0.317 e. The monoisotopic (exact) mass is 235 g/mol. The minimum atomic E-state index is -4.20. The van der Waals surface area contributed by atoms with Crippen molar-refractivity contribution in [3.63, 3.8) is 0 Å². The number of nitrogens with one attached hydrogen (secondary N) is 1. The third-order valence-corrected chi connectivity index (χ3v) is 3.83. The van der Waals surface area contributed by atoms with Crippen LogP contribution in [0.3, 0.4) is 0 Å². The highest BCUT2D eigenvalue weighted by Crippen LogP contribution is 2.59. The number of hydrogen-bond donors (Lipinski definition) is 1. The Balaban J connectivity index is 1.80. The van der Waals surface area contributed by atoms with Gasteiger partial charge in [0, 0.05) is 12.3 Å². The van der Waals surface area contributed by atoms with Crippen molar-refractivity contribution in [2.75, 3.05) is 13.1 Å². The molecule has 0 aromatic heterocycles. The highest BCUT2D eigenvalue weighted by Gasteiger charge is 2.57. The number of alkyl halides is 3. The van der Waals surface area contributed by atoms with Crippen LogP contribution in [-0.2, 0) is 4.79 Å². The van der Waals surface area contributed by atoms with Gasteiger partial charge in [-0.3, -0.25) is 4.79 Å². The fraction of sp³-hybridized carbons (Fsp3) is 0.909. The number of carbonyl (C=O) groups excluding carboxylic acids is 1. The van der Waals surface area contributed by atoms with Crippen molar-refractivity contribution in [3.05, 3.63) is 0 Å². The van der Waals surface area contributed by atoms with E-state index in [1.54, 1.807) is 0 Å². The van der Waals surface area contributed by atoms with Gasteiger partial charge in [0.15, 0.2) is 0 Å². The minimum Gasteiger partial charge on any atom is -0.317 e. The summed E-state index contributed by atoms with van der Waals surface area (Å²) in [4.78, 5) is 11.6. The fourth-order valence-electron chi connectivity index (χ4n) is 2.72. The minimum absolute atomic E-state index is 0.0634. The summed E-state index contributed by atoms with van der Waals surface area (Å²) in [7, 11) is 0. The van der Waals surface area contributed by atoms with Crippen molar-refractivity contribution in [1.82, 2.24) is 5.32 Å². The van der Waals surface area contributed by atoms with Crippen LogP contribution in [0.4, 0.5) is 13.2 Å². The molecule has 2 fully saturated rings. The van der Waals surface area contributed by atoms with Crippen LogP contribution >= 0.6 is 0 Å². The summed E-state index contributed by atoms with van der Waals surface area (Å²) in [6, 6.07) is 0. The van der Waals surface area contributed by atoms with Gasteiger partial charge in [0.05, 0.1) is 6.42 Å². The summed E-state index contributed by atoms with van der Waals surface area (Å²) >= 11 is 0. The van der Waals surface area contributed by atoms with Crippen molar-refractivity contribution in [3.8, 4) is 0 Å². The van der Waals surface area contributed by atoms with E-state index in [2.05, 4.69) is 5.32 Å². The maximum absolute atomic E-state index is 12.0. The van der Waals surface area contributed by atoms with Crippen molar-refractivity contribution in [1.29, 1.82) is 0 Å². The number of piperidine rings is 1. The number of halogens is 3. The maximum Gasteiger partial charge on any atom is 0.389 e. The number of hydrogen-bond acceptors (Lipinski definition) is 2. The van der Waals surface area contributed by atoms with E-state index in [1.807, 2.05) is 0 Å². The van der Waals surface area contributed by atoms with Crippen molar-refractivity contribution < 1.29 is 18.0 Å². The van der Waals surface area contributed by atoms with E-state index in [-0.39, 0.29) is 23.5 Å². The summed E-state index contributed by atoms with van der Waals surface area (Å²) in [6.07, 6.45) is -2.80. The van der Waals surface area contributed by atoms with Gasteiger partial charge >= 0.3 is 6.18 Å². The molecule has 0 amide bonds. The lowest BCUT2D eigenvalue weighted by Crippen LogP contribution is -2.30. The third-order valence-electron chi connectivity index (χ3n) is 3.83. The lowest BCUT2D eigenvalue weighted by molar-refractivity contribution is -0.144. The quantitative estimate of drug-likeness (QED) is 0.813. The van der Waals surface area contributed by atoms with Crippen LogP contribution in [0.15, 0.2) is 0 Å². The molecule has 1 saturated heterocycles. The molecule has 1 aliphatic heterocycles. The molecular weight excluding hydrogens is 219 g/mol. The van der Waals surface area contributed by atoms with Crippen LogP contribution in [0.25, 0.3) is 0 Å². The van der Waals surface area contributed by atoms with E-state index in [4.69, 9.17) is 0 Å². The average Bonchev–Trinajstić information content (AvgIpc) is 2.89. The zero-order valence-electron chi connectivity index (χ0n) is 9.07. The van der Waals surface area contributed by atoms with Crippen LogP contribution in [0.5, 0.6) is 0 Å². The second-order valence-electron chi connectivity index (χ2n) is 4.95. The molecule has 1 saturated carbocycles. The van der Waals surface area contributed by atoms with Crippen molar-refractivity contribution in [2.45, 2.75) is 38.3 Å². The predicted octanol–water partition coefficient (Wildman–Crippen LogP) is 2.29. The summed E-state index contributed by atoms with van der Waals surface area (Å²) in [6.45, 7) is 1.78. The first-order valence-electron chi connectivity index (χ1n) is 5.73. The molecule has 0 aromatic rings. The second kappa shape index (κ2) is 4.02. The molecular formula is C11H16F3NO. The standard InChI is InChI=1S/C11H16F3NO/c12-11(13,14)2-1-9(16)8-7-10(8)3-5-15-6-4-10/h8,15H,1-7H2. The molecule has 1 atom stereocenters. The Bertz CT molecular complexity index is 281. The van der Waals surface area contributed by atoms with Gasteiger partial charge in [-0.2, -0.15) is 13.2 Å². The predicted molar refractivity (Wildman–Crippen MR) is 52.9 cm³/mol. The molecule has 1 aliphatic carbocycles. The largest absolute Gasteiger partial charge is 0.389 e. The molecule has 2 rings (SSSR count). The van der Waals surface area contributed by atoms with Crippen LogP contribution in [-0.4, -0.2) is 25.0 Å². The number of Topliss-reactive ketones (excluding diaryl/α,β-unsaturated/α-hetero) is 1. The van der Waals surface area contributed by atoms with Gasteiger partial charge < -0.3 is 5.32 Å². The Labute approximate surface area is 92.6 Å². The number of rotatable bonds is 3. The van der Waals surface area contributed by atoms with E-state index in [1.165, 1.54) is 0 Å². The number of carbonyl (C=O) groups is 1. The van der Waals surface area contributed by atoms with E-state index in [9.17, 15) is 18.0 Å².